The van der Waals surface area contributed by atoms with Gasteiger partial charge in [0.1, 0.15) is 40.4 Å². The van der Waals surface area contributed by atoms with Crippen molar-refractivity contribution in [1.82, 2.24) is 19.7 Å². The lowest BCUT2D eigenvalue weighted by molar-refractivity contribution is -0.152. The predicted octanol–water partition coefficient (Wildman–Crippen LogP) is 1.70. The second-order valence-corrected chi connectivity index (χ2v) is 19.3. The summed E-state index contributed by atoms with van der Waals surface area (Å²) >= 11 is 6.02. The number of sulfonamides is 3. The molecule has 1 saturated heterocycles. The van der Waals surface area contributed by atoms with Crippen LogP contribution in [0.3, 0.4) is 0 Å². The van der Waals surface area contributed by atoms with E-state index in [2.05, 4.69) is 20.1 Å². The minimum atomic E-state index is -4.29. The van der Waals surface area contributed by atoms with E-state index in [-0.39, 0.29) is 70.3 Å². The Balaban J connectivity index is 1.10. The number of nitrogens with two attached hydrogens (primary N) is 1. The third-order valence-corrected chi connectivity index (χ3v) is 14.4. The molecule has 2 aromatic rings. The highest BCUT2D eigenvalue weighted by atomic mass is 35.5. The first-order chi connectivity index (χ1) is 26.3. The number of hydrogen-bond acceptors (Lipinski definition) is 13. The molecule has 0 spiro atoms. The second kappa shape index (κ2) is 17.9. The molecule has 1 aliphatic carbocycles. The molecule has 18 nitrogen and oxygen atoms in total. The average molecular weight is 863 g/mol. The number of rotatable bonds is 17. The number of esters is 1. The lowest BCUT2D eigenvalue weighted by Gasteiger charge is -2.35. The summed E-state index contributed by atoms with van der Waals surface area (Å²) in [5, 5.41) is 20.6. The zero-order valence-corrected chi connectivity index (χ0v) is 34.0. The molecule has 1 saturated carbocycles. The fourth-order valence-corrected chi connectivity index (χ4v) is 11.0. The maximum Gasteiger partial charge on any atom is 0.326 e. The number of anilines is 1. The first kappa shape index (κ1) is 43.6. The van der Waals surface area contributed by atoms with Gasteiger partial charge >= 0.3 is 11.9 Å². The molecule has 6 atom stereocenters. The van der Waals surface area contributed by atoms with E-state index in [1.165, 1.54) is 29.2 Å². The van der Waals surface area contributed by atoms with Gasteiger partial charge in [-0.2, -0.15) is 4.72 Å². The molecular weight excluding hydrogens is 816 g/mol. The van der Waals surface area contributed by atoms with Crippen molar-refractivity contribution in [3.05, 3.63) is 41.4 Å². The van der Waals surface area contributed by atoms with Gasteiger partial charge in [-0.1, -0.05) is 24.4 Å². The molecule has 1 amide bonds. The van der Waals surface area contributed by atoms with Crippen LogP contribution in [0.1, 0.15) is 65.2 Å². The van der Waals surface area contributed by atoms with Gasteiger partial charge in [-0.15, -0.1) is 0 Å². The van der Waals surface area contributed by atoms with E-state index in [4.69, 9.17) is 26.2 Å². The monoisotopic (exact) mass is 862 g/mol. The van der Waals surface area contributed by atoms with Crippen molar-refractivity contribution in [3.63, 3.8) is 0 Å². The summed E-state index contributed by atoms with van der Waals surface area (Å²) in [5.41, 5.74) is 0.0324. The fourth-order valence-electron chi connectivity index (χ4n) is 7.40. The van der Waals surface area contributed by atoms with Crippen molar-refractivity contribution >= 4 is 65.2 Å². The van der Waals surface area contributed by atoms with Gasteiger partial charge in [-0.3, -0.25) is 14.9 Å². The van der Waals surface area contributed by atoms with E-state index in [9.17, 15) is 44.7 Å². The summed E-state index contributed by atoms with van der Waals surface area (Å²) in [6.07, 6.45) is 3.95. The number of nitrogens with one attached hydrogen (secondary N) is 4. The van der Waals surface area contributed by atoms with Gasteiger partial charge in [-0.05, 0) is 94.7 Å². The zero-order chi connectivity index (χ0) is 41.0. The van der Waals surface area contributed by atoms with Crippen molar-refractivity contribution in [2.75, 3.05) is 25.1 Å². The van der Waals surface area contributed by atoms with E-state index in [1.54, 1.807) is 13.8 Å². The number of likely N-dealkylation sites (tertiary alicyclic amines) is 1. The Bertz CT molecular complexity index is 2120. The Hall–Kier alpha value is -3.57. The Morgan fingerprint density at radius 1 is 1.09 bits per heavy atom. The average Bonchev–Trinajstić information content (AvgIpc) is 3.52. The summed E-state index contributed by atoms with van der Waals surface area (Å²) in [6.45, 7) is 3.18. The van der Waals surface area contributed by atoms with E-state index < -0.39 is 71.2 Å². The van der Waals surface area contributed by atoms with Gasteiger partial charge in [0.2, 0.25) is 36.0 Å². The number of carbonyl (C=O) groups is 3. The molecule has 0 radical (unpaired) electrons. The van der Waals surface area contributed by atoms with Crippen LogP contribution < -0.4 is 30.0 Å². The van der Waals surface area contributed by atoms with Crippen molar-refractivity contribution < 1.29 is 54.2 Å². The molecule has 7 N–H and O–H groups in total. The maximum atomic E-state index is 13.6. The minimum Gasteiger partial charge on any atom is -0.490 e. The minimum absolute atomic E-state index is 0.0324. The molecular formula is C34H47ClN6O12S3. The van der Waals surface area contributed by atoms with E-state index in [0.717, 1.165) is 37.8 Å². The van der Waals surface area contributed by atoms with Gasteiger partial charge < -0.3 is 24.8 Å². The van der Waals surface area contributed by atoms with Crippen molar-refractivity contribution in [2.45, 2.75) is 110 Å². The molecule has 4 unspecified atom stereocenters. The number of amides is 1. The third-order valence-electron chi connectivity index (χ3n) is 10.0. The van der Waals surface area contributed by atoms with Crippen molar-refractivity contribution in [1.29, 1.82) is 0 Å². The number of hydrogen-bond donors (Lipinski definition) is 6. The summed E-state index contributed by atoms with van der Waals surface area (Å²) in [4.78, 5) is 39.0. The lowest BCUT2D eigenvalue weighted by Crippen LogP contribution is -2.55. The van der Waals surface area contributed by atoms with Crippen molar-refractivity contribution in [3.8, 4) is 5.75 Å². The third kappa shape index (κ3) is 10.3. The molecule has 5 rings (SSSR count). The highest BCUT2D eigenvalue weighted by Crippen LogP contribution is 2.40. The Kier molecular flexibility index (Phi) is 13.9. The fraction of sp³-hybridized carbons (Fsp3) is 0.559. The van der Waals surface area contributed by atoms with Crippen molar-refractivity contribution in [2.24, 2.45) is 11.1 Å². The van der Waals surface area contributed by atoms with E-state index >= 15 is 0 Å². The van der Waals surface area contributed by atoms with Crippen LogP contribution in [0.25, 0.3) is 0 Å². The molecule has 2 heterocycles. The molecule has 2 aliphatic heterocycles. The molecule has 0 bridgehead atoms. The van der Waals surface area contributed by atoms with Gasteiger partial charge in [0.05, 0.1) is 28.3 Å². The highest BCUT2D eigenvalue weighted by Gasteiger charge is 2.48. The first-order valence-corrected chi connectivity index (χ1v) is 23.1. The molecule has 0 aromatic heterocycles. The first-order valence-electron chi connectivity index (χ1n) is 18.2. The van der Waals surface area contributed by atoms with Crippen LogP contribution in [0.5, 0.6) is 5.75 Å². The summed E-state index contributed by atoms with van der Waals surface area (Å²) < 4.78 is 90.9. The van der Waals surface area contributed by atoms with Gasteiger partial charge in [0, 0.05) is 12.6 Å². The van der Waals surface area contributed by atoms with Crippen LogP contribution in [0.4, 0.5) is 5.69 Å². The summed E-state index contributed by atoms with van der Waals surface area (Å²) in [6, 6.07) is 4.61. The Morgan fingerprint density at radius 3 is 2.45 bits per heavy atom. The number of unbranched alkanes of at least 4 members (excludes halogenated alkanes) is 1. The van der Waals surface area contributed by atoms with E-state index in [0.29, 0.717) is 19.3 Å². The lowest BCUT2D eigenvalue weighted by atomic mass is 9.84. The predicted molar refractivity (Wildman–Crippen MR) is 203 cm³/mol. The summed E-state index contributed by atoms with van der Waals surface area (Å²) in [7, 11) is -12.4. The van der Waals surface area contributed by atoms with Crippen LogP contribution in [0.2, 0.25) is 5.02 Å². The van der Waals surface area contributed by atoms with Crippen LogP contribution >= 0.6 is 11.6 Å². The number of fused-ring (bicyclic) bond motifs is 2. The number of nitrogens with zero attached hydrogens (tertiary/aromatic N) is 1. The zero-order valence-electron chi connectivity index (χ0n) is 30.8. The molecule has 310 valence electrons. The topological polar surface area (TPSA) is 270 Å². The molecule has 3 aliphatic rings. The Morgan fingerprint density at radius 2 is 1.79 bits per heavy atom. The molecule has 2 aromatic carbocycles. The number of halogens is 1. The maximum absolute atomic E-state index is 13.6. The van der Waals surface area contributed by atoms with Crippen LogP contribution in [0.15, 0.2) is 51.1 Å². The van der Waals surface area contributed by atoms with Crippen LogP contribution in [-0.2, 0) is 49.2 Å². The molecule has 2 fully saturated rings. The SMILES string of the molecule is CCOC(=O)[C@H](CCCCNS(=O)(=O)c1ccc(OCC2Nc3cc(Cl)c(S(N)(=O)=O)cc3S(=O)(=O)N2)cc1)N[C@@H](C)C(=O)N1C(C(=O)O)CC2CCCCC21. The largest absolute Gasteiger partial charge is 0.490 e. The van der Waals surface area contributed by atoms with Crippen LogP contribution in [-0.4, -0.2) is 103 Å². The number of primary sulfonamides is 1. The Labute approximate surface area is 331 Å². The van der Waals surface area contributed by atoms with Gasteiger partial charge in [0.25, 0.3) is 0 Å². The normalized spacial score (nSPS) is 22.9. The van der Waals surface area contributed by atoms with Crippen LogP contribution in [0, 0.1) is 5.92 Å². The van der Waals surface area contributed by atoms with Gasteiger partial charge in [-0.25, -0.2) is 39.9 Å². The number of aliphatic carboxylic acids is 1. The molecule has 56 heavy (non-hydrogen) atoms. The molecule has 22 heteroatoms. The second-order valence-electron chi connectivity index (χ2n) is 14.0. The quantitative estimate of drug-likeness (QED) is 0.0977. The smallest absolute Gasteiger partial charge is 0.326 e. The number of carboxylic acids is 1. The number of ether oxygens (including phenoxy) is 2. The standard InChI is InChI=1S/C34H47ClN6O12S3/c1-3-52-34(45)25(38-20(2)32(42)41-27-10-5-4-8-21(27)16-28(41)33(43)44)9-6-7-15-37-55(48,49)23-13-11-22(12-14-23)53-19-31-39-26-17-24(35)29(54(36,46)47)18-30(26)56(50,51)40-31/h11-14,17-18,20-21,25,27-28,31,37-40H,3-10,15-16,19H2,1-2H3,(H,43,44)(H2,36,46,47)/t20-,21?,25-,27?,28?,31?/m0/s1. The summed E-state index contributed by atoms with van der Waals surface area (Å²) in [5.74, 6) is -1.61. The van der Waals surface area contributed by atoms with E-state index in [1.807, 2.05) is 0 Å². The highest BCUT2D eigenvalue weighted by molar-refractivity contribution is 7.90. The number of benzene rings is 2. The number of carboxylic acid groups (broad SMARTS) is 1. The van der Waals surface area contributed by atoms with Gasteiger partial charge in [0.15, 0.2) is 0 Å². The number of carbonyl (C=O) groups excluding carboxylic acids is 2.